The zero-order chi connectivity index (χ0) is 35.5. The summed E-state index contributed by atoms with van der Waals surface area (Å²) in [6.45, 7) is 6.33. The van der Waals surface area contributed by atoms with Crippen molar-refractivity contribution in [2.75, 3.05) is 0 Å². The van der Waals surface area contributed by atoms with Crippen LogP contribution in [0.15, 0.2) is 194 Å². The van der Waals surface area contributed by atoms with Crippen LogP contribution in [0.5, 0.6) is 0 Å². The highest BCUT2D eigenvalue weighted by atomic mass is 14.3. The van der Waals surface area contributed by atoms with Crippen LogP contribution in [0.3, 0.4) is 0 Å². The van der Waals surface area contributed by atoms with Crippen molar-refractivity contribution in [2.45, 2.75) is 13.3 Å². The Bertz CT molecular complexity index is 2790. The van der Waals surface area contributed by atoms with E-state index in [9.17, 15) is 0 Å². The molecule has 3 aliphatic carbocycles. The van der Waals surface area contributed by atoms with Crippen LogP contribution in [0.4, 0.5) is 0 Å². The third-order valence-corrected chi connectivity index (χ3v) is 11.6. The molecule has 7 aromatic carbocycles. The van der Waals surface area contributed by atoms with E-state index in [1.165, 1.54) is 105 Å². The van der Waals surface area contributed by atoms with E-state index < -0.39 is 0 Å². The van der Waals surface area contributed by atoms with E-state index in [1.54, 1.807) is 0 Å². The first-order valence-corrected chi connectivity index (χ1v) is 18.6. The van der Waals surface area contributed by atoms with Crippen LogP contribution in [-0.2, 0) is 6.42 Å². The number of benzene rings is 7. The van der Waals surface area contributed by atoms with Gasteiger partial charge in [-0.05, 0) is 118 Å². The molecular weight excluding hydrogens is 637 g/mol. The van der Waals surface area contributed by atoms with Crippen LogP contribution in [0.1, 0.15) is 33.4 Å². The first kappa shape index (κ1) is 31.3. The Labute approximate surface area is 311 Å². The van der Waals surface area contributed by atoms with Crippen molar-refractivity contribution in [1.29, 1.82) is 0 Å². The Morgan fingerprint density at radius 1 is 0.604 bits per heavy atom. The van der Waals surface area contributed by atoms with Gasteiger partial charge in [0, 0.05) is 5.92 Å². The van der Waals surface area contributed by atoms with Gasteiger partial charge in [-0.3, -0.25) is 0 Å². The SMILES string of the molecule is C=C/C=C(/c1ccc(-c2ccc(-c3ccc4c5c(cccc35)-c3cccc5cccc(c35)C4)cc2)cc1)c1cccc(C2=CC=CC3=CC=CC32)c1C. The lowest BCUT2D eigenvalue weighted by atomic mass is 9.81. The average Bonchev–Trinajstić information content (AvgIpc) is 3.65. The van der Waals surface area contributed by atoms with Gasteiger partial charge < -0.3 is 0 Å². The Hall–Kier alpha value is -6.50. The van der Waals surface area contributed by atoms with Crippen molar-refractivity contribution in [3.8, 4) is 33.4 Å². The van der Waals surface area contributed by atoms with Crippen molar-refractivity contribution in [1.82, 2.24) is 0 Å². The van der Waals surface area contributed by atoms with Crippen LogP contribution in [0.25, 0.3) is 66.1 Å². The highest BCUT2D eigenvalue weighted by Gasteiger charge is 2.24. The first-order valence-electron chi connectivity index (χ1n) is 18.6. The summed E-state index contributed by atoms with van der Waals surface area (Å²) >= 11 is 0. The van der Waals surface area contributed by atoms with Crippen LogP contribution in [0, 0.1) is 12.8 Å². The highest BCUT2D eigenvalue weighted by molar-refractivity contribution is 6.12. The second-order valence-corrected chi connectivity index (χ2v) is 14.5. The van der Waals surface area contributed by atoms with Crippen LogP contribution >= 0.6 is 0 Å². The fourth-order valence-electron chi connectivity index (χ4n) is 9.04. The number of rotatable bonds is 6. The van der Waals surface area contributed by atoms with Gasteiger partial charge in [0.15, 0.2) is 0 Å². The summed E-state index contributed by atoms with van der Waals surface area (Å²) in [7, 11) is 0. The van der Waals surface area contributed by atoms with Crippen LogP contribution < -0.4 is 0 Å². The molecule has 0 saturated carbocycles. The molecule has 0 spiro atoms. The monoisotopic (exact) mass is 674 g/mol. The molecule has 7 aromatic rings. The van der Waals surface area contributed by atoms with E-state index >= 15 is 0 Å². The number of hydrogen-bond acceptors (Lipinski definition) is 0. The molecule has 0 heterocycles. The lowest BCUT2D eigenvalue weighted by molar-refractivity contribution is 1.04. The lowest BCUT2D eigenvalue weighted by Gasteiger charge is -2.23. The van der Waals surface area contributed by atoms with E-state index in [-0.39, 0.29) is 0 Å². The molecule has 10 rings (SSSR count). The molecule has 0 saturated heterocycles. The van der Waals surface area contributed by atoms with Gasteiger partial charge in [-0.2, -0.15) is 0 Å². The third kappa shape index (κ3) is 5.13. The maximum absolute atomic E-state index is 4.08. The predicted molar refractivity (Wildman–Crippen MR) is 227 cm³/mol. The van der Waals surface area contributed by atoms with E-state index in [1.807, 2.05) is 6.08 Å². The number of hydrogen-bond donors (Lipinski definition) is 0. The normalized spacial score (nSPS) is 15.6. The minimum atomic E-state index is 0.325. The van der Waals surface area contributed by atoms with Crippen LogP contribution in [-0.4, -0.2) is 0 Å². The summed E-state index contributed by atoms with van der Waals surface area (Å²) in [6, 6.07) is 49.8. The highest BCUT2D eigenvalue weighted by Crippen LogP contribution is 2.44. The third-order valence-electron chi connectivity index (χ3n) is 11.6. The molecule has 53 heavy (non-hydrogen) atoms. The molecule has 0 nitrogen and oxygen atoms in total. The molecular formula is C53H38. The summed E-state index contributed by atoms with van der Waals surface area (Å²) in [5, 5.41) is 5.39. The van der Waals surface area contributed by atoms with Gasteiger partial charge in [0.25, 0.3) is 0 Å². The summed E-state index contributed by atoms with van der Waals surface area (Å²) in [4.78, 5) is 0. The van der Waals surface area contributed by atoms with Gasteiger partial charge in [0.1, 0.15) is 0 Å². The maximum atomic E-state index is 4.08. The van der Waals surface area contributed by atoms with Gasteiger partial charge in [-0.1, -0.05) is 189 Å². The van der Waals surface area contributed by atoms with E-state index in [2.05, 4.69) is 189 Å². The molecule has 0 bridgehead atoms. The Morgan fingerprint density at radius 3 is 2.09 bits per heavy atom. The fraction of sp³-hybridized carbons (Fsp3) is 0.0566. The molecule has 0 amide bonds. The molecule has 3 aliphatic rings. The largest absolute Gasteiger partial charge is 0.0990 e. The first-order chi connectivity index (χ1) is 26.2. The maximum Gasteiger partial charge on any atom is 0.0278 e. The average molecular weight is 675 g/mol. The molecule has 0 aliphatic heterocycles. The van der Waals surface area contributed by atoms with Crippen molar-refractivity contribution in [2.24, 2.45) is 5.92 Å². The summed E-state index contributed by atoms with van der Waals surface area (Å²) < 4.78 is 0. The predicted octanol–water partition coefficient (Wildman–Crippen LogP) is 13.9. The standard InChI is InChI=1S/C53H38/c1-3-10-45(43-16-8-17-44(34(43)2)48-19-6-12-37-11-5-18-46(37)48)38-27-23-35(24-28-38)36-25-29-39(30-26-36)47-32-31-42-33-41-15-4-13-40-14-7-20-50(52(40)41)51-22-9-21-49(47)53(42)51/h3-32,46H,1,33H2,2H3/b45-10-. The molecule has 0 heteroatoms. The van der Waals surface area contributed by atoms with E-state index in [4.69, 9.17) is 0 Å². The molecule has 1 unspecified atom stereocenters. The number of fused-ring (bicyclic) bond motifs is 2. The van der Waals surface area contributed by atoms with Gasteiger partial charge in [0.2, 0.25) is 0 Å². The van der Waals surface area contributed by atoms with E-state index in [0.29, 0.717) is 5.92 Å². The Balaban J connectivity index is 0.968. The fourth-order valence-corrected chi connectivity index (χ4v) is 9.04. The molecule has 1 atom stereocenters. The second kappa shape index (κ2) is 12.6. The molecule has 0 fully saturated rings. The zero-order valence-corrected chi connectivity index (χ0v) is 29.8. The van der Waals surface area contributed by atoms with Crippen molar-refractivity contribution >= 4 is 32.7 Å². The minimum Gasteiger partial charge on any atom is -0.0990 e. The topological polar surface area (TPSA) is 0 Å². The van der Waals surface area contributed by atoms with Crippen molar-refractivity contribution < 1.29 is 0 Å². The molecule has 0 N–H and O–H groups in total. The molecule has 0 radical (unpaired) electrons. The minimum absolute atomic E-state index is 0.325. The Kier molecular flexibility index (Phi) is 7.44. The lowest BCUT2D eigenvalue weighted by Crippen LogP contribution is -2.06. The second-order valence-electron chi connectivity index (χ2n) is 14.5. The van der Waals surface area contributed by atoms with Crippen molar-refractivity contribution in [3.63, 3.8) is 0 Å². The summed E-state index contributed by atoms with van der Waals surface area (Å²) in [6.07, 6.45) is 18.4. The molecule has 250 valence electrons. The van der Waals surface area contributed by atoms with Crippen molar-refractivity contribution in [3.05, 3.63) is 228 Å². The van der Waals surface area contributed by atoms with E-state index in [0.717, 1.165) is 6.42 Å². The van der Waals surface area contributed by atoms with Gasteiger partial charge in [0.05, 0.1) is 0 Å². The van der Waals surface area contributed by atoms with Crippen LogP contribution in [0.2, 0.25) is 0 Å². The summed E-state index contributed by atoms with van der Waals surface area (Å²) in [5.41, 5.74) is 19.3. The number of allylic oxidation sites excluding steroid dienone is 10. The zero-order valence-electron chi connectivity index (χ0n) is 29.8. The summed E-state index contributed by atoms with van der Waals surface area (Å²) in [5.74, 6) is 0.325. The smallest absolute Gasteiger partial charge is 0.0278 e. The van der Waals surface area contributed by atoms with Gasteiger partial charge >= 0.3 is 0 Å². The quantitative estimate of drug-likeness (QED) is 0.154. The van der Waals surface area contributed by atoms with Gasteiger partial charge in [-0.15, -0.1) is 0 Å². The Morgan fingerprint density at radius 2 is 1.28 bits per heavy atom. The molecule has 0 aromatic heterocycles. The van der Waals surface area contributed by atoms with Gasteiger partial charge in [-0.25, -0.2) is 0 Å².